The number of aromatic nitrogens is 2. The second kappa shape index (κ2) is 4.72. The number of hydrogen-bond donors (Lipinski definition) is 1. The van der Waals surface area contributed by atoms with E-state index in [0.29, 0.717) is 11.7 Å². The second-order valence-electron chi connectivity index (χ2n) is 6.18. The molecule has 2 N–H and O–H groups in total. The predicted molar refractivity (Wildman–Crippen MR) is 85.4 cm³/mol. The van der Waals surface area contributed by atoms with Crippen molar-refractivity contribution >= 4 is 11.5 Å². The Balaban J connectivity index is 1.76. The Hall–Kier alpha value is -2.10. The molecule has 1 saturated carbocycles. The van der Waals surface area contributed by atoms with Crippen LogP contribution in [0.4, 0.5) is 11.5 Å². The summed E-state index contributed by atoms with van der Waals surface area (Å²) in [6, 6.07) is 8.46. The molecule has 2 aromatic rings. The van der Waals surface area contributed by atoms with Crippen molar-refractivity contribution in [3.8, 4) is 11.4 Å². The summed E-state index contributed by atoms with van der Waals surface area (Å²) in [6.45, 7) is 1.13. The van der Waals surface area contributed by atoms with Gasteiger partial charge in [-0.2, -0.15) is 0 Å². The zero-order valence-electron chi connectivity index (χ0n) is 12.3. The molecule has 0 amide bonds. The number of nitrogen functional groups attached to an aromatic ring is 1. The minimum Gasteiger partial charge on any atom is -0.384 e. The molecule has 2 aliphatic rings. The lowest BCUT2D eigenvalue weighted by Gasteiger charge is -2.27. The number of rotatable bonds is 2. The van der Waals surface area contributed by atoms with Gasteiger partial charge in [-0.3, -0.25) is 0 Å². The molecule has 4 rings (SSSR count). The largest absolute Gasteiger partial charge is 0.384 e. The molecule has 2 heterocycles. The van der Waals surface area contributed by atoms with Crippen molar-refractivity contribution in [2.45, 2.75) is 31.6 Å². The molecule has 1 fully saturated rings. The molecule has 0 bridgehead atoms. The fourth-order valence-corrected chi connectivity index (χ4v) is 3.13. The van der Waals surface area contributed by atoms with Crippen LogP contribution in [-0.2, 0) is 6.42 Å². The van der Waals surface area contributed by atoms with E-state index < -0.39 is 0 Å². The summed E-state index contributed by atoms with van der Waals surface area (Å²) >= 11 is 0. The van der Waals surface area contributed by atoms with Crippen molar-refractivity contribution in [2.75, 3.05) is 24.2 Å². The van der Waals surface area contributed by atoms with E-state index in [1.165, 1.54) is 30.5 Å². The van der Waals surface area contributed by atoms with E-state index in [1.807, 2.05) is 6.07 Å². The van der Waals surface area contributed by atoms with Gasteiger partial charge in [0.1, 0.15) is 5.82 Å². The molecule has 1 aromatic heterocycles. The average molecular weight is 280 g/mol. The van der Waals surface area contributed by atoms with Crippen LogP contribution in [0.2, 0.25) is 0 Å². The molecule has 1 aliphatic heterocycles. The van der Waals surface area contributed by atoms with Gasteiger partial charge in [0.15, 0.2) is 5.82 Å². The molecular weight excluding hydrogens is 260 g/mol. The van der Waals surface area contributed by atoms with Crippen molar-refractivity contribution in [3.63, 3.8) is 0 Å². The lowest BCUT2D eigenvalue weighted by molar-refractivity contribution is 0.744. The summed E-state index contributed by atoms with van der Waals surface area (Å²) < 4.78 is 0. The number of aryl methyl sites for hydroxylation is 1. The van der Waals surface area contributed by atoms with Crippen molar-refractivity contribution in [2.24, 2.45) is 0 Å². The highest BCUT2D eigenvalue weighted by Gasteiger charge is 2.26. The maximum absolute atomic E-state index is 5.96. The summed E-state index contributed by atoms with van der Waals surface area (Å²) in [5.41, 5.74) is 10.9. The Morgan fingerprint density at radius 1 is 1.19 bits per heavy atom. The summed E-state index contributed by atoms with van der Waals surface area (Å²) in [6.07, 6.45) is 4.79. The molecule has 0 spiro atoms. The van der Waals surface area contributed by atoms with Crippen LogP contribution in [0.5, 0.6) is 0 Å². The van der Waals surface area contributed by atoms with E-state index in [-0.39, 0.29) is 0 Å². The van der Waals surface area contributed by atoms with Crippen LogP contribution in [0.25, 0.3) is 11.4 Å². The molecule has 4 nitrogen and oxygen atoms in total. The molecule has 0 atom stereocenters. The Morgan fingerprint density at radius 3 is 2.86 bits per heavy atom. The molecule has 0 saturated heterocycles. The highest BCUT2D eigenvalue weighted by atomic mass is 15.1. The first-order valence-electron chi connectivity index (χ1n) is 7.69. The van der Waals surface area contributed by atoms with Crippen LogP contribution in [0, 0.1) is 0 Å². The third kappa shape index (κ3) is 2.35. The van der Waals surface area contributed by atoms with Crippen LogP contribution < -0.4 is 10.6 Å². The normalized spacial score (nSPS) is 17.7. The fourth-order valence-electron chi connectivity index (χ4n) is 3.13. The molecule has 1 aromatic carbocycles. The van der Waals surface area contributed by atoms with Gasteiger partial charge in [-0.05, 0) is 49.4 Å². The van der Waals surface area contributed by atoms with Crippen molar-refractivity contribution in [1.29, 1.82) is 0 Å². The first-order chi connectivity index (χ1) is 10.2. The minimum absolute atomic E-state index is 0.580. The highest BCUT2D eigenvalue weighted by molar-refractivity contribution is 5.66. The van der Waals surface area contributed by atoms with Gasteiger partial charge in [0.05, 0.1) is 0 Å². The molecule has 4 heteroatoms. The zero-order valence-corrected chi connectivity index (χ0v) is 12.3. The zero-order chi connectivity index (χ0) is 14.4. The lowest BCUT2D eigenvalue weighted by atomic mass is 9.99. The molecule has 108 valence electrons. The van der Waals surface area contributed by atoms with Crippen LogP contribution in [0.15, 0.2) is 24.3 Å². The van der Waals surface area contributed by atoms with Gasteiger partial charge >= 0.3 is 0 Å². The summed E-state index contributed by atoms with van der Waals surface area (Å²) in [4.78, 5) is 11.5. The molecule has 0 radical (unpaired) electrons. The van der Waals surface area contributed by atoms with Gasteiger partial charge in [0.25, 0.3) is 0 Å². The van der Waals surface area contributed by atoms with E-state index in [9.17, 15) is 0 Å². The Kier molecular flexibility index (Phi) is 2.84. The van der Waals surface area contributed by atoms with Crippen LogP contribution in [0.3, 0.4) is 0 Å². The Morgan fingerprint density at radius 2 is 2.05 bits per heavy atom. The van der Waals surface area contributed by atoms with E-state index in [1.54, 1.807) is 0 Å². The van der Waals surface area contributed by atoms with Gasteiger partial charge < -0.3 is 10.6 Å². The van der Waals surface area contributed by atoms with Crippen molar-refractivity contribution in [3.05, 3.63) is 35.5 Å². The topological polar surface area (TPSA) is 55.0 Å². The second-order valence-corrected chi connectivity index (χ2v) is 6.18. The summed E-state index contributed by atoms with van der Waals surface area (Å²) in [5, 5.41) is 0. The van der Waals surface area contributed by atoms with Gasteiger partial charge in [-0.1, -0.05) is 0 Å². The maximum Gasteiger partial charge on any atom is 0.161 e. The number of hydrogen-bond acceptors (Lipinski definition) is 4. The van der Waals surface area contributed by atoms with E-state index in [2.05, 4.69) is 35.1 Å². The number of anilines is 2. The van der Waals surface area contributed by atoms with Gasteiger partial charge in [0, 0.05) is 42.5 Å². The number of nitrogens with two attached hydrogens (primary N) is 1. The van der Waals surface area contributed by atoms with Crippen LogP contribution >= 0.6 is 0 Å². The molecular formula is C17H20N4. The van der Waals surface area contributed by atoms with E-state index in [4.69, 9.17) is 10.7 Å². The average Bonchev–Trinajstić information content (AvgIpc) is 3.31. The Labute approximate surface area is 125 Å². The lowest BCUT2D eigenvalue weighted by Crippen LogP contribution is -2.24. The first-order valence-corrected chi connectivity index (χ1v) is 7.69. The fraction of sp³-hybridized carbons (Fsp3) is 0.412. The third-order valence-corrected chi connectivity index (χ3v) is 4.45. The van der Waals surface area contributed by atoms with Crippen LogP contribution in [0.1, 0.15) is 36.4 Å². The van der Waals surface area contributed by atoms with Gasteiger partial charge in [-0.15, -0.1) is 0 Å². The van der Waals surface area contributed by atoms with E-state index in [0.717, 1.165) is 30.0 Å². The predicted octanol–water partition coefficient (Wildman–Crippen LogP) is 2.99. The number of nitrogens with zero attached hydrogens (tertiary/aromatic N) is 3. The smallest absolute Gasteiger partial charge is 0.161 e. The summed E-state index contributed by atoms with van der Waals surface area (Å²) in [7, 11) is 2.15. The monoisotopic (exact) mass is 280 g/mol. The minimum atomic E-state index is 0.580. The highest BCUT2D eigenvalue weighted by Crippen LogP contribution is 2.40. The molecule has 0 unspecified atom stereocenters. The van der Waals surface area contributed by atoms with Crippen molar-refractivity contribution < 1.29 is 0 Å². The van der Waals surface area contributed by atoms with Crippen LogP contribution in [-0.4, -0.2) is 23.6 Å². The van der Waals surface area contributed by atoms with E-state index >= 15 is 0 Å². The first kappa shape index (κ1) is 12.6. The van der Waals surface area contributed by atoms with Gasteiger partial charge in [-0.25, -0.2) is 9.97 Å². The number of fused-ring (bicyclic) bond motifs is 1. The Bertz CT molecular complexity index is 691. The van der Waals surface area contributed by atoms with Crippen molar-refractivity contribution in [1.82, 2.24) is 9.97 Å². The standard InChI is InChI=1S/C17H20N4/c1-21-8-2-3-12-9-13(6-7-15(12)21)17-19-14(11-4-5-11)10-16(18)20-17/h6-7,9-11H,2-5,8H2,1H3,(H2,18,19,20). The quantitative estimate of drug-likeness (QED) is 0.919. The maximum atomic E-state index is 5.96. The third-order valence-electron chi connectivity index (χ3n) is 4.45. The van der Waals surface area contributed by atoms with Gasteiger partial charge in [0.2, 0.25) is 0 Å². The molecule has 1 aliphatic carbocycles. The SMILES string of the molecule is CN1CCCc2cc(-c3nc(N)cc(C4CC4)n3)ccc21. The number of benzene rings is 1. The summed E-state index contributed by atoms with van der Waals surface area (Å²) in [5.74, 6) is 1.95. The molecule has 21 heavy (non-hydrogen) atoms.